The molecule has 1 aromatic rings. The number of carboxylic acid groups (broad SMARTS) is 1. The molecule has 0 saturated heterocycles. The van der Waals surface area contributed by atoms with Crippen LogP contribution in [0.3, 0.4) is 0 Å². The van der Waals surface area contributed by atoms with Crippen LogP contribution >= 0.6 is 0 Å². The van der Waals surface area contributed by atoms with Gasteiger partial charge in [-0.25, -0.2) is 0 Å². The number of aryl methyl sites for hydroxylation is 1. The summed E-state index contributed by atoms with van der Waals surface area (Å²) in [5.41, 5.74) is 1.38. The van der Waals surface area contributed by atoms with Crippen LogP contribution in [0.25, 0.3) is 0 Å². The average Bonchev–Trinajstić information content (AvgIpc) is 1.85. The van der Waals surface area contributed by atoms with E-state index in [0.717, 1.165) is 8.64 Å². The first kappa shape index (κ1) is 8.72. The molecule has 1 N–H and O–H groups in total. The maximum absolute atomic E-state index is 10.7. The summed E-state index contributed by atoms with van der Waals surface area (Å²) < 4.78 is 1.01. The first-order valence-corrected chi connectivity index (χ1v) is 6.02. The van der Waals surface area contributed by atoms with Crippen molar-refractivity contribution in [1.82, 2.24) is 0 Å². The van der Waals surface area contributed by atoms with Crippen molar-refractivity contribution in [2.75, 3.05) is 0 Å². The quantitative estimate of drug-likeness (QED) is 0.773. The minimum absolute atomic E-state index is 0.387. The van der Waals surface area contributed by atoms with Gasteiger partial charge in [0.1, 0.15) is 0 Å². The molecule has 0 bridgehead atoms. The molecule has 0 fully saturated rings. The van der Waals surface area contributed by atoms with Crippen molar-refractivity contribution >= 4 is 9.04 Å². The molecule has 0 aliphatic carbocycles. The Bertz CT molecular complexity index is 274. The van der Waals surface area contributed by atoms with Crippen LogP contribution in [0.2, 0.25) is 0 Å². The Morgan fingerprint density at radius 3 is 2.55 bits per heavy atom. The van der Waals surface area contributed by atoms with Crippen molar-refractivity contribution in [2.24, 2.45) is 0 Å². The Morgan fingerprint density at radius 1 is 1.55 bits per heavy atom. The number of hydrogen-bond acceptors (Lipinski definition) is 1. The molecule has 11 heavy (non-hydrogen) atoms. The van der Waals surface area contributed by atoms with Crippen LogP contribution in [0.5, 0.6) is 0 Å². The van der Waals surface area contributed by atoms with Crippen molar-refractivity contribution in [3.63, 3.8) is 0 Å². The summed E-state index contributed by atoms with van der Waals surface area (Å²) in [7, 11) is 0. The van der Waals surface area contributed by atoms with Gasteiger partial charge in [0.2, 0.25) is 0 Å². The Hall–Kier alpha value is -0.375. The molecule has 0 aliphatic rings. The van der Waals surface area contributed by atoms with E-state index < -0.39 is 5.97 Å². The van der Waals surface area contributed by atoms with E-state index in [0.29, 0.717) is 31.7 Å². The molecule has 2 nitrogen and oxygen atoms in total. The average molecular weight is 336 g/mol. The van der Waals surface area contributed by atoms with Gasteiger partial charge in [0, 0.05) is 0 Å². The molecule has 0 atom stereocenters. The van der Waals surface area contributed by atoms with Gasteiger partial charge in [-0.1, -0.05) is 0 Å². The van der Waals surface area contributed by atoms with Gasteiger partial charge in [0.15, 0.2) is 0 Å². The molecule has 0 aromatic heterocycles. The summed E-state index contributed by atoms with van der Waals surface area (Å²) in [4.78, 5) is 10.7. The Labute approximate surface area is 81.2 Å². The minimum atomic E-state index is -0.798. The van der Waals surface area contributed by atoms with E-state index in [2.05, 4.69) is 0 Å². The fourth-order valence-corrected chi connectivity index (χ4v) is 3.24. The zero-order chi connectivity index (χ0) is 8.43. The zero-order valence-electron chi connectivity index (χ0n) is 6.29. The van der Waals surface area contributed by atoms with E-state index in [-0.39, 0.29) is 0 Å². The van der Waals surface area contributed by atoms with Crippen LogP contribution in [-0.4, -0.2) is 11.1 Å². The summed E-state index contributed by atoms with van der Waals surface area (Å²) in [6, 6.07) is 5.63. The molecular formula is C8H7HgO2+. The van der Waals surface area contributed by atoms with Crippen molar-refractivity contribution in [2.45, 2.75) is 6.92 Å². The monoisotopic (exact) mass is 337 g/mol. The summed E-state index contributed by atoms with van der Waals surface area (Å²) in [5.74, 6) is -0.798. The fraction of sp³-hybridized carbons (Fsp3) is 0.125. The van der Waals surface area contributed by atoms with Crippen LogP contribution in [0.15, 0.2) is 18.2 Å². The molecule has 1 rings (SSSR count). The van der Waals surface area contributed by atoms with Gasteiger partial charge >= 0.3 is 81.3 Å². The second kappa shape index (κ2) is 3.35. The van der Waals surface area contributed by atoms with Crippen molar-refractivity contribution in [3.05, 3.63) is 29.3 Å². The van der Waals surface area contributed by atoms with E-state index in [9.17, 15) is 4.79 Å². The van der Waals surface area contributed by atoms with Gasteiger partial charge in [0.05, 0.1) is 0 Å². The Balaban J connectivity index is 3.32. The molecule has 0 unspecified atom stereocenters. The topological polar surface area (TPSA) is 37.3 Å². The first-order valence-electron chi connectivity index (χ1n) is 3.28. The zero-order valence-corrected chi connectivity index (χ0v) is 11.8. The molecule has 0 aliphatic heterocycles. The van der Waals surface area contributed by atoms with E-state index >= 15 is 0 Å². The number of carboxylic acids is 1. The predicted octanol–water partition coefficient (Wildman–Crippen LogP) is 0.865. The summed E-state index contributed by atoms with van der Waals surface area (Å²) >= 11 is 0.387. The van der Waals surface area contributed by atoms with E-state index in [1.807, 2.05) is 25.1 Å². The van der Waals surface area contributed by atoms with Crippen LogP contribution in [-0.2, 0) is 26.1 Å². The van der Waals surface area contributed by atoms with Gasteiger partial charge in [-0.3, -0.25) is 0 Å². The second-order valence-corrected chi connectivity index (χ2v) is 5.38. The van der Waals surface area contributed by atoms with Crippen LogP contribution in [0.1, 0.15) is 15.9 Å². The molecule has 1 aromatic carbocycles. The van der Waals surface area contributed by atoms with Crippen LogP contribution < -0.4 is 3.07 Å². The van der Waals surface area contributed by atoms with Crippen LogP contribution in [0, 0.1) is 6.92 Å². The summed E-state index contributed by atoms with van der Waals surface area (Å²) in [6.45, 7) is 1.83. The normalized spacial score (nSPS) is 9.73. The van der Waals surface area contributed by atoms with Gasteiger partial charge < -0.3 is 0 Å². The molecule has 0 radical (unpaired) electrons. The molecule has 0 saturated carbocycles. The Kier molecular flexibility index (Phi) is 2.65. The molecule has 3 heteroatoms. The van der Waals surface area contributed by atoms with Gasteiger partial charge in [0.25, 0.3) is 0 Å². The third kappa shape index (κ3) is 1.80. The number of benzene rings is 1. The number of aromatic carboxylic acids is 1. The van der Waals surface area contributed by atoms with Gasteiger partial charge in [-0.05, 0) is 0 Å². The first-order chi connectivity index (χ1) is 5.13. The number of carbonyl (C=O) groups is 1. The fourth-order valence-electron chi connectivity index (χ4n) is 1.03. The molecule has 0 amide bonds. The van der Waals surface area contributed by atoms with E-state index in [4.69, 9.17) is 5.11 Å². The van der Waals surface area contributed by atoms with E-state index in [1.54, 1.807) is 0 Å². The molecule has 0 heterocycles. The van der Waals surface area contributed by atoms with Crippen molar-refractivity contribution in [1.29, 1.82) is 0 Å². The third-order valence-electron chi connectivity index (χ3n) is 1.57. The summed E-state index contributed by atoms with van der Waals surface area (Å²) in [5, 5.41) is 8.78. The molecule has 52 valence electrons. The van der Waals surface area contributed by atoms with Crippen molar-refractivity contribution < 1.29 is 36.0 Å². The SMILES string of the molecule is Cc1ccc[c]([Hg+])c1C(=O)O. The summed E-state index contributed by atoms with van der Waals surface area (Å²) in [6.07, 6.45) is 0. The number of rotatable bonds is 1. The van der Waals surface area contributed by atoms with Crippen molar-refractivity contribution in [3.8, 4) is 0 Å². The Morgan fingerprint density at radius 2 is 2.18 bits per heavy atom. The second-order valence-electron chi connectivity index (χ2n) is 2.41. The standard InChI is InChI=1S/C8H7O2.Hg/c1-6-4-2-3-5-7(6)8(9)10;/h2-4H,1H3,(H,9,10);/q;+1. The van der Waals surface area contributed by atoms with Gasteiger partial charge in [-0.2, -0.15) is 0 Å². The predicted molar refractivity (Wildman–Crippen MR) is 37.8 cm³/mol. The molecular weight excluding hydrogens is 329 g/mol. The number of hydrogen-bond donors (Lipinski definition) is 1. The van der Waals surface area contributed by atoms with Crippen LogP contribution in [0.4, 0.5) is 0 Å². The van der Waals surface area contributed by atoms with E-state index in [1.165, 1.54) is 0 Å². The van der Waals surface area contributed by atoms with Gasteiger partial charge in [-0.15, -0.1) is 0 Å². The maximum atomic E-state index is 10.7. The third-order valence-corrected chi connectivity index (χ3v) is 3.86. The molecule has 0 spiro atoms.